The number of halogens is 1. The molecule has 1 aromatic carbocycles. The van der Waals surface area contributed by atoms with Gasteiger partial charge in [-0.15, -0.1) is 5.10 Å². The second-order valence-electron chi connectivity index (χ2n) is 4.26. The SMILES string of the molecule is COc1ccc(OCCN(C)Cc2nnsc2Cl)cc1. The molecule has 5 nitrogen and oxygen atoms in total. The minimum absolute atomic E-state index is 0.595. The van der Waals surface area contributed by atoms with Crippen molar-refractivity contribution in [2.45, 2.75) is 6.54 Å². The molecule has 0 atom stereocenters. The fourth-order valence-corrected chi connectivity index (χ4v) is 2.23. The molecule has 20 heavy (non-hydrogen) atoms. The molecule has 0 aliphatic heterocycles. The van der Waals surface area contributed by atoms with Crippen LogP contribution in [-0.4, -0.2) is 41.8 Å². The zero-order valence-electron chi connectivity index (χ0n) is 11.4. The van der Waals surface area contributed by atoms with Crippen molar-refractivity contribution in [1.29, 1.82) is 0 Å². The van der Waals surface area contributed by atoms with Crippen LogP contribution >= 0.6 is 23.1 Å². The van der Waals surface area contributed by atoms with Crippen LogP contribution in [-0.2, 0) is 6.54 Å². The summed E-state index contributed by atoms with van der Waals surface area (Å²) in [6, 6.07) is 7.53. The van der Waals surface area contributed by atoms with Crippen molar-refractivity contribution in [2.24, 2.45) is 0 Å². The Morgan fingerprint density at radius 2 is 1.95 bits per heavy atom. The van der Waals surface area contributed by atoms with Crippen LogP contribution < -0.4 is 9.47 Å². The van der Waals surface area contributed by atoms with Crippen LogP contribution in [0.15, 0.2) is 24.3 Å². The quantitative estimate of drug-likeness (QED) is 0.786. The van der Waals surface area contributed by atoms with Gasteiger partial charge in [-0.2, -0.15) is 0 Å². The van der Waals surface area contributed by atoms with Crippen molar-refractivity contribution in [3.05, 3.63) is 34.3 Å². The Balaban J connectivity index is 1.73. The second kappa shape index (κ2) is 7.42. The highest BCUT2D eigenvalue weighted by Crippen LogP contribution is 2.19. The summed E-state index contributed by atoms with van der Waals surface area (Å²) in [4.78, 5) is 2.09. The lowest BCUT2D eigenvalue weighted by molar-refractivity contribution is 0.231. The molecule has 0 aliphatic carbocycles. The number of hydrogen-bond acceptors (Lipinski definition) is 6. The monoisotopic (exact) mass is 313 g/mol. The Morgan fingerprint density at radius 1 is 1.25 bits per heavy atom. The molecule has 0 unspecified atom stereocenters. The molecular weight excluding hydrogens is 298 g/mol. The summed E-state index contributed by atoms with van der Waals surface area (Å²) >= 11 is 7.17. The number of methoxy groups -OCH3 is 1. The smallest absolute Gasteiger partial charge is 0.138 e. The highest BCUT2D eigenvalue weighted by molar-refractivity contribution is 7.10. The van der Waals surface area contributed by atoms with E-state index in [1.165, 1.54) is 11.5 Å². The lowest BCUT2D eigenvalue weighted by Crippen LogP contribution is -2.24. The molecule has 0 aliphatic rings. The van der Waals surface area contributed by atoms with E-state index in [9.17, 15) is 0 Å². The summed E-state index contributed by atoms with van der Waals surface area (Å²) in [5.74, 6) is 1.65. The Hall–Kier alpha value is -1.37. The third-order valence-electron chi connectivity index (χ3n) is 2.73. The number of rotatable bonds is 7. The molecule has 2 rings (SSSR count). The Labute approximate surface area is 127 Å². The molecule has 2 aromatic rings. The van der Waals surface area contributed by atoms with Gasteiger partial charge >= 0.3 is 0 Å². The molecule has 0 bridgehead atoms. The van der Waals surface area contributed by atoms with E-state index in [2.05, 4.69) is 14.5 Å². The minimum Gasteiger partial charge on any atom is -0.497 e. The molecular formula is C13H16ClN3O2S. The highest BCUT2D eigenvalue weighted by Gasteiger charge is 2.08. The van der Waals surface area contributed by atoms with Gasteiger partial charge in [-0.05, 0) is 31.3 Å². The van der Waals surface area contributed by atoms with Crippen LogP contribution in [0.1, 0.15) is 5.69 Å². The maximum absolute atomic E-state index is 5.97. The van der Waals surface area contributed by atoms with Gasteiger partial charge in [0.2, 0.25) is 0 Å². The van der Waals surface area contributed by atoms with Gasteiger partial charge in [0, 0.05) is 24.6 Å². The van der Waals surface area contributed by atoms with Crippen LogP contribution in [0.2, 0.25) is 4.34 Å². The fourth-order valence-electron chi connectivity index (χ4n) is 1.62. The lowest BCUT2D eigenvalue weighted by Gasteiger charge is -2.15. The molecule has 0 spiro atoms. The molecule has 1 aromatic heterocycles. The number of hydrogen-bond donors (Lipinski definition) is 0. The number of benzene rings is 1. The van der Waals surface area contributed by atoms with Crippen molar-refractivity contribution >= 4 is 23.1 Å². The van der Waals surface area contributed by atoms with Crippen LogP contribution in [0, 0.1) is 0 Å². The van der Waals surface area contributed by atoms with Crippen molar-refractivity contribution < 1.29 is 9.47 Å². The summed E-state index contributed by atoms with van der Waals surface area (Å²) in [5, 5.41) is 3.98. The highest BCUT2D eigenvalue weighted by atomic mass is 35.5. The standard InChI is InChI=1S/C13H16ClN3O2S/c1-17(9-12-13(14)20-16-15-12)7-8-19-11-5-3-10(18-2)4-6-11/h3-6H,7-9H2,1-2H3. The molecule has 0 fully saturated rings. The first-order valence-electron chi connectivity index (χ1n) is 6.11. The number of ether oxygens (including phenoxy) is 2. The van der Waals surface area contributed by atoms with E-state index in [0.29, 0.717) is 17.5 Å². The van der Waals surface area contributed by atoms with Crippen LogP contribution in [0.4, 0.5) is 0 Å². The molecule has 0 amide bonds. The van der Waals surface area contributed by atoms with E-state index < -0.39 is 0 Å². The zero-order chi connectivity index (χ0) is 14.4. The molecule has 0 N–H and O–H groups in total. The van der Waals surface area contributed by atoms with Crippen LogP contribution in [0.5, 0.6) is 11.5 Å². The first-order chi connectivity index (χ1) is 9.69. The largest absolute Gasteiger partial charge is 0.497 e. The molecule has 1 heterocycles. The van der Waals surface area contributed by atoms with Crippen LogP contribution in [0.25, 0.3) is 0 Å². The fraction of sp³-hybridized carbons (Fsp3) is 0.385. The molecule has 0 saturated carbocycles. The van der Waals surface area contributed by atoms with Gasteiger partial charge < -0.3 is 9.47 Å². The average Bonchev–Trinajstić information content (AvgIpc) is 2.85. The second-order valence-corrected chi connectivity index (χ2v) is 5.61. The third-order valence-corrected chi connectivity index (χ3v) is 3.71. The molecule has 0 radical (unpaired) electrons. The van der Waals surface area contributed by atoms with Crippen molar-refractivity contribution in [2.75, 3.05) is 27.3 Å². The third kappa shape index (κ3) is 4.33. The Kier molecular flexibility index (Phi) is 5.58. The van der Waals surface area contributed by atoms with Crippen molar-refractivity contribution in [1.82, 2.24) is 14.5 Å². The number of aromatic nitrogens is 2. The van der Waals surface area contributed by atoms with E-state index in [1.807, 2.05) is 31.3 Å². The first-order valence-corrected chi connectivity index (χ1v) is 7.26. The average molecular weight is 314 g/mol. The van der Waals surface area contributed by atoms with Crippen molar-refractivity contribution in [3.63, 3.8) is 0 Å². The minimum atomic E-state index is 0.595. The van der Waals surface area contributed by atoms with Gasteiger partial charge in [0.05, 0.1) is 7.11 Å². The lowest BCUT2D eigenvalue weighted by atomic mass is 10.3. The Morgan fingerprint density at radius 3 is 2.55 bits per heavy atom. The van der Waals surface area contributed by atoms with E-state index in [1.54, 1.807) is 7.11 Å². The van der Waals surface area contributed by atoms with Gasteiger partial charge in [-0.25, -0.2) is 0 Å². The molecule has 7 heteroatoms. The maximum Gasteiger partial charge on any atom is 0.138 e. The predicted octanol–water partition coefficient (Wildman–Crippen LogP) is 2.71. The van der Waals surface area contributed by atoms with Gasteiger partial charge in [-0.1, -0.05) is 16.1 Å². The Bertz CT molecular complexity index is 533. The summed E-state index contributed by atoms with van der Waals surface area (Å²) in [5.41, 5.74) is 0.809. The van der Waals surface area contributed by atoms with E-state index in [0.717, 1.165) is 23.7 Å². The van der Waals surface area contributed by atoms with E-state index in [-0.39, 0.29) is 0 Å². The summed E-state index contributed by atoms with van der Waals surface area (Å²) in [6.45, 7) is 2.04. The number of likely N-dealkylation sites (N-methyl/N-ethyl adjacent to an activating group) is 1. The first kappa shape index (κ1) is 15.0. The molecule has 108 valence electrons. The molecule has 0 saturated heterocycles. The van der Waals surface area contributed by atoms with Crippen LogP contribution in [0.3, 0.4) is 0 Å². The van der Waals surface area contributed by atoms with E-state index in [4.69, 9.17) is 21.1 Å². The zero-order valence-corrected chi connectivity index (χ0v) is 12.9. The number of nitrogens with zero attached hydrogens (tertiary/aromatic N) is 3. The maximum atomic E-state index is 5.97. The normalized spacial score (nSPS) is 10.8. The van der Waals surface area contributed by atoms with Gasteiger partial charge in [0.25, 0.3) is 0 Å². The summed E-state index contributed by atoms with van der Waals surface area (Å²) in [6.07, 6.45) is 0. The van der Waals surface area contributed by atoms with Gasteiger partial charge in [0.1, 0.15) is 28.1 Å². The topological polar surface area (TPSA) is 47.5 Å². The van der Waals surface area contributed by atoms with E-state index >= 15 is 0 Å². The summed E-state index contributed by atoms with van der Waals surface area (Å²) in [7, 11) is 3.64. The van der Waals surface area contributed by atoms with Crippen molar-refractivity contribution in [3.8, 4) is 11.5 Å². The predicted molar refractivity (Wildman–Crippen MR) is 79.7 cm³/mol. The van der Waals surface area contributed by atoms with Gasteiger partial charge in [-0.3, -0.25) is 4.90 Å². The van der Waals surface area contributed by atoms with Gasteiger partial charge in [0.15, 0.2) is 0 Å². The summed E-state index contributed by atoms with van der Waals surface area (Å²) < 4.78 is 15.2.